The predicted octanol–water partition coefficient (Wildman–Crippen LogP) is 3.85. The van der Waals surface area contributed by atoms with E-state index in [1.54, 1.807) is 17.5 Å². The quantitative estimate of drug-likeness (QED) is 0.622. The maximum atomic E-state index is 12.8. The third-order valence-corrected chi connectivity index (χ3v) is 5.76. The number of hydrogen-bond donors (Lipinski definition) is 1. The molecular formula is C22H23N3O4S. The molecule has 2 amide bonds. The summed E-state index contributed by atoms with van der Waals surface area (Å²) in [5.41, 5.74) is 0.655. The SMILES string of the molecule is O=C(Nc1nc(CC(=O)N2CCCC(COc3ccccc3)C2)cs1)c1ccco1. The van der Waals surface area contributed by atoms with Crippen molar-refractivity contribution in [1.29, 1.82) is 0 Å². The molecule has 7 nitrogen and oxygen atoms in total. The third kappa shape index (κ3) is 5.27. The van der Waals surface area contributed by atoms with Crippen molar-refractivity contribution >= 4 is 28.3 Å². The molecule has 2 aromatic heterocycles. The van der Waals surface area contributed by atoms with E-state index in [1.165, 1.54) is 17.6 Å². The van der Waals surface area contributed by atoms with Crippen molar-refractivity contribution in [3.8, 4) is 5.75 Å². The first-order valence-electron chi connectivity index (χ1n) is 9.92. The van der Waals surface area contributed by atoms with Crippen molar-refractivity contribution < 1.29 is 18.7 Å². The lowest BCUT2D eigenvalue weighted by Crippen LogP contribution is -2.42. The summed E-state index contributed by atoms with van der Waals surface area (Å²) in [6.07, 6.45) is 3.68. The lowest BCUT2D eigenvalue weighted by molar-refractivity contribution is -0.132. The van der Waals surface area contributed by atoms with Gasteiger partial charge in [-0.2, -0.15) is 0 Å². The van der Waals surface area contributed by atoms with Gasteiger partial charge in [0, 0.05) is 24.4 Å². The summed E-state index contributed by atoms with van der Waals surface area (Å²) in [6.45, 7) is 2.05. The molecule has 3 aromatic rings. The molecule has 1 fully saturated rings. The first kappa shape index (κ1) is 20.2. The van der Waals surface area contributed by atoms with Gasteiger partial charge in [-0.05, 0) is 37.1 Å². The van der Waals surface area contributed by atoms with E-state index < -0.39 is 0 Å². The van der Waals surface area contributed by atoms with Gasteiger partial charge < -0.3 is 14.1 Å². The van der Waals surface area contributed by atoms with Crippen LogP contribution in [0.4, 0.5) is 5.13 Å². The molecule has 30 heavy (non-hydrogen) atoms. The average molecular weight is 426 g/mol. The van der Waals surface area contributed by atoms with Crippen molar-refractivity contribution in [3.05, 3.63) is 65.6 Å². The van der Waals surface area contributed by atoms with Crippen LogP contribution >= 0.6 is 11.3 Å². The minimum atomic E-state index is -0.357. The van der Waals surface area contributed by atoms with Crippen LogP contribution in [0.25, 0.3) is 0 Å². The van der Waals surface area contributed by atoms with Gasteiger partial charge in [0.1, 0.15) is 5.75 Å². The first-order valence-corrected chi connectivity index (χ1v) is 10.8. The fourth-order valence-electron chi connectivity index (χ4n) is 3.44. The van der Waals surface area contributed by atoms with Crippen LogP contribution in [0.3, 0.4) is 0 Å². The number of rotatable bonds is 7. The number of hydrogen-bond acceptors (Lipinski definition) is 6. The number of benzene rings is 1. The third-order valence-electron chi connectivity index (χ3n) is 4.95. The topological polar surface area (TPSA) is 84.7 Å². The summed E-state index contributed by atoms with van der Waals surface area (Å²) in [5.74, 6) is 1.09. The van der Waals surface area contributed by atoms with Crippen molar-refractivity contribution in [2.75, 3.05) is 25.0 Å². The lowest BCUT2D eigenvalue weighted by atomic mass is 9.98. The summed E-state index contributed by atoms with van der Waals surface area (Å²) >= 11 is 1.29. The van der Waals surface area contributed by atoms with Crippen LogP contribution in [0.5, 0.6) is 5.75 Å². The number of anilines is 1. The van der Waals surface area contributed by atoms with Crippen LogP contribution in [0.15, 0.2) is 58.5 Å². The van der Waals surface area contributed by atoms with Gasteiger partial charge in [-0.15, -0.1) is 11.3 Å². The number of ether oxygens (including phenoxy) is 1. The number of nitrogens with one attached hydrogen (secondary N) is 1. The second-order valence-corrected chi connectivity index (χ2v) is 8.08. The number of carbonyl (C=O) groups excluding carboxylic acids is 2. The van der Waals surface area contributed by atoms with E-state index in [0.717, 1.165) is 25.1 Å². The first-order chi connectivity index (χ1) is 14.7. The molecule has 0 spiro atoms. The highest BCUT2D eigenvalue weighted by molar-refractivity contribution is 7.14. The van der Waals surface area contributed by atoms with Gasteiger partial charge in [0.05, 0.1) is 25.0 Å². The van der Waals surface area contributed by atoms with Crippen LogP contribution in [0.1, 0.15) is 29.1 Å². The number of furan rings is 1. The Balaban J connectivity index is 1.27. The van der Waals surface area contributed by atoms with Crippen LogP contribution in [-0.2, 0) is 11.2 Å². The molecule has 1 atom stereocenters. The molecule has 0 bridgehead atoms. The van der Waals surface area contributed by atoms with Gasteiger partial charge in [0.25, 0.3) is 5.91 Å². The molecule has 8 heteroatoms. The molecule has 1 aliphatic heterocycles. The van der Waals surface area contributed by atoms with Gasteiger partial charge in [-0.25, -0.2) is 4.98 Å². The Morgan fingerprint density at radius 1 is 1.23 bits per heavy atom. The second kappa shape index (κ2) is 9.58. The second-order valence-electron chi connectivity index (χ2n) is 7.22. The van der Waals surface area contributed by atoms with Gasteiger partial charge in [-0.1, -0.05) is 18.2 Å². The monoisotopic (exact) mass is 425 g/mol. The van der Waals surface area contributed by atoms with E-state index in [9.17, 15) is 9.59 Å². The summed E-state index contributed by atoms with van der Waals surface area (Å²) in [4.78, 5) is 31.0. The van der Waals surface area contributed by atoms with E-state index in [4.69, 9.17) is 9.15 Å². The summed E-state index contributed by atoms with van der Waals surface area (Å²) in [7, 11) is 0. The van der Waals surface area contributed by atoms with Gasteiger partial charge in [0.15, 0.2) is 10.9 Å². The highest BCUT2D eigenvalue weighted by Gasteiger charge is 2.25. The Morgan fingerprint density at radius 3 is 2.90 bits per heavy atom. The zero-order valence-corrected chi connectivity index (χ0v) is 17.3. The van der Waals surface area contributed by atoms with E-state index in [0.29, 0.717) is 29.9 Å². The molecule has 1 aliphatic rings. The molecule has 156 valence electrons. The smallest absolute Gasteiger partial charge is 0.293 e. The average Bonchev–Trinajstić information content (AvgIpc) is 3.46. The normalized spacial score (nSPS) is 16.3. The Hall–Kier alpha value is -3.13. The maximum Gasteiger partial charge on any atom is 0.293 e. The Kier molecular flexibility index (Phi) is 6.44. The molecule has 4 rings (SSSR count). The zero-order chi connectivity index (χ0) is 20.8. The molecule has 1 unspecified atom stereocenters. The van der Waals surface area contributed by atoms with Crippen molar-refractivity contribution in [1.82, 2.24) is 9.88 Å². The molecule has 1 saturated heterocycles. The van der Waals surface area contributed by atoms with Gasteiger partial charge in [-0.3, -0.25) is 14.9 Å². The highest BCUT2D eigenvalue weighted by atomic mass is 32.1. The van der Waals surface area contributed by atoms with E-state index >= 15 is 0 Å². The van der Waals surface area contributed by atoms with Gasteiger partial charge >= 0.3 is 0 Å². The standard InChI is InChI=1S/C22H23N3O4S/c26-20(12-17-15-30-22(23-17)24-21(27)19-9-5-11-28-19)25-10-4-6-16(13-25)14-29-18-7-2-1-3-8-18/h1-3,5,7-9,11,15-16H,4,6,10,12-14H2,(H,23,24,27). The molecular weight excluding hydrogens is 402 g/mol. The molecule has 3 heterocycles. The summed E-state index contributed by atoms with van der Waals surface area (Å²) in [6, 6.07) is 13.0. The molecule has 1 N–H and O–H groups in total. The Morgan fingerprint density at radius 2 is 2.10 bits per heavy atom. The lowest BCUT2D eigenvalue weighted by Gasteiger charge is -2.32. The fourth-order valence-corrected chi connectivity index (χ4v) is 4.14. The number of thiazole rings is 1. The maximum absolute atomic E-state index is 12.8. The minimum absolute atomic E-state index is 0.0497. The van der Waals surface area contributed by atoms with E-state index in [-0.39, 0.29) is 24.0 Å². The molecule has 0 aliphatic carbocycles. The number of amides is 2. The highest BCUT2D eigenvalue weighted by Crippen LogP contribution is 2.21. The van der Waals surface area contributed by atoms with Gasteiger partial charge in [0.2, 0.25) is 5.91 Å². The zero-order valence-electron chi connectivity index (χ0n) is 16.5. The minimum Gasteiger partial charge on any atom is -0.493 e. The molecule has 1 aromatic carbocycles. The van der Waals surface area contributed by atoms with Crippen LogP contribution < -0.4 is 10.1 Å². The molecule has 0 saturated carbocycles. The Labute approximate surface area is 178 Å². The van der Waals surface area contributed by atoms with Crippen molar-refractivity contribution in [3.63, 3.8) is 0 Å². The fraction of sp³-hybridized carbons (Fsp3) is 0.318. The summed E-state index contributed by atoms with van der Waals surface area (Å²) < 4.78 is 10.9. The number of piperidine rings is 1. The summed E-state index contributed by atoms with van der Waals surface area (Å²) in [5, 5.41) is 4.94. The molecule has 0 radical (unpaired) electrons. The van der Waals surface area contributed by atoms with Crippen molar-refractivity contribution in [2.45, 2.75) is 19.3 Å². The van der Waals surface area contributed by atoms with Crippen LogP contribution in [0.2, 0.25) is 0 Å². The van der Waals surface area contributed by atoms with Crippen molar-refractivity contribution in [2.24, 2.45) is 5.92 Å². The number of nitrogens with zero attached hydrogens (tertiary/aromatic N) is 2. The number of para-hydroxylation sites is 1. The Bertz CT molecular complexity index is 971. The van der Waals surface area contributed by atoms with Crippen LogP contribution in [0, 0.1) is 5.92 Å². The predicted molar refractivity (Wildman–Crippen MR) is 114 cm³/mol. The number of carbonyl (C=O) groups is 2. The van der Waals surface area contributed by atoms with E-state index in [1.807, 2.05) is 35.2 Å². The largest absolute Gasteiger partial charge is 0.493 e. The van der Waals surface area contributed by atoms with Crippen LogP contribution in [-0.4, -0.2) is 41.4 Å². The number of likely N-dealkylation sites (tertiary alicyclic amines) is 1. The number of aromatic nitrogens is 1. The van der Waals surface area contributed by atoms with E-state index in [2.05, 4.69) is 10.3 Å².